The highest BCUT2D eigenvalue weighted by Gasteiger charge is 2.21. The van der Waals surface area contributed by atoms with E-state index in [-0.39, 0.29) is 46.7 Å². The minimum Gasteiger partial charge on any atom is -0.455 e. The Kier molecular flexibility index (Phi) is 5.83. The molecule has 0 unspecified atom stereocenters. The van der Waals surface area contributed by atoms with Crippen molar-refractivity contribution < 1.29 is 15.4 Å². The van der Waals surface area contributed by atoms with Crippen molar-refractivity contribution in [1.29, 1.82) is 0 Å². The Morgan fingerprint density at radius 1 is 0.321 bits per heavy atom. The molecule has 0 saturated carbocycles. The Labute approximate surface area is 336 Å². The lowest BCUT2D eigenvalue weighted by Gasteiger charge is -2.28. The van der Waals surface area contributed by atoms with Crippen molar-refractivity contribution in [2.24, 2.45) is 0 Å². The van der Waals surface area contributed by atoms with E-state index >= 15 is 0 Å². The Balaban J connectivity index is 1.22. The van der Waals surface area contributed by atoms with Gasteiger partial charge in [0, 0.05) is 38.7 Å². The molecule has 0 fully saturated rings. The average Bonchev–Trinajstić information content (AvgIpc) is 3.72. The minimum absolute atomic E-state index is 0.105. The molecule has 0 saturated heterocycles. The first-order valence-electron chi connectivity index (χ1n) is 22.5. The summed E-state index contributed by atoms with van der Waals surface area (Å²) in [6.07, 6.45) is 0. The molecule has 0 N–H and O–H groups in total. The Morgan fingerprint density at radius 3 is 1.38 bits per heavy atom. The highest BCUT2D eigenvalue weighted by atomic mass is 16.3. The maximum atomic E-state index is 9.76. The molecule has 2 nitrogen and oxygen atoms in total. The monoisotopic (exact) mass is 721 g/mol. The normalized spacial score (nSPS) is 13.6. The lowest BCUT2D eigenvalue weighted by atomic mass is 9.96. The number of furan rings is 1. The van der Waals surface area contributed by atoms with Crippen LogP contribution in [0.3, 0.4) is 0 Å². The van der Waals surface area contributed by atoms with Gasteiger partial charge in [-0.05, 0) is 85.5 Å². The number of anilines is 3. The Bertz CT molecular complexity index is 3530. The fraction of sp³-hybridized carbons (Fsp3) is 0. The van der Waals surface area contributed by atoms with Crippen molar-refractivity contribution in [2.75, 3.05) is 4.90 Å². The number of benzene rings is 10. The quantitative estimate of drug-likeness (QED) is 0.170. The third kappa shape index (κ3) is 5.26. The van der Waals surface area contributed by atoms with E-state index in [2.05, 4.69) is 6.07 Å². The van der Waals surface area contributed by atoms with Gasteiger partial charge in [-0.3, -0.25) is 0 Å². The van der Waals surface area contributed by atoms with E-state index in [0.29, 0.717) is 39.1 Å². The molecule has 0 aliphatic rings. The highest BCUT2D eigenvalue weighted by Crippen LogP contribution is 2.46. The van der Waals surface area contributed by atoms with Crippen LogP contribution in [0.15, 0.2) is 217 Å². The molecular weight excluding hydrogens is 679 g/mol. The summed E-state index contributed by atoms with van der Waals surface area (Å²) < 4.78 is 84.1. The summed E-state index contributed by atoms with van der Waals surface area (Å²) in [5.41, 5.74) is 3.58. The molecule has 2 heteroatoms. The van der Waals surface area contributed by atoms with Crippen molar-refractivity contribution in [3.05, 3.63) is 212 Å². The van der Waals surface area contributed by atoms with Gasteiger partial charge in [0.25, 0.3) is 0 Å². The molecule has 0 aliphatic heterocycles. The van der Waals surface area contributed by atoms with Gasteiger partial charge in [0.2, 0.25) is 0 Å². The Hall–Kier alpha value is -7.42. The van der Waals surface area contributed by atoms with Crippen LogP contribution < -0.4 is 4.90 Å². The van der Waals surface area contributed by atoms with E-state index in [1.54, 1.807) is 24.3 Å². The average molecular weight is 722 g/mol. The fourth-order valence-corrected chi connectivity index (χ4v) is 7.98. The van der Waals surface area contributed by atoms with E-state index in [0.717, 1.165) is 43.1 Å². The summed E-state index contributed by atoms with van der Waals surface area (Å²) in [6, 6.07) is 48.4. The molecule has 0 bridgehead atoms. The third-order valence-corrected chi connectivity index (χ3v) is 10.6. The van der Waals surface area contributed by atoms with Crippen LogP contribution in [0.2, 0.25) is 0 Å². The van der Waals surface area contributed by atoms with E-state index in [1.165, 1.54) is 4.90 Å². The number of hydrogen-bond donors (Lipinski definition) is 0. The van der Waals surface area contributed by atoms with Crippen molar-refractivity contribution in [3.63, 3.8) is 0 Å². The van der Waals surface area contributed by atoms with Gasteiger partial charge >= 0.3 is 0 Å². The van der Waals surface area contributed by atoms with E-state index < -0.39 is 24.2 Å². The predicted molar refractivity (Wildman–Crippen MR) is 237 cm³/mol. The summed E-state index contributed by atoms with van der Waals surface area (Å²) in [6.45, 7) is 0. The summed E-state index contributed by atoms with van der Waals surface area (Å²) in [7, 11) is 0. The van der Waals surface area contributed by atoms with Gasteiger partial charge in [0.15, 0.2) is 0 Å². The van der Waals surface area contributed by atoms with Gasteiger partial charge < -0.3 is 9.32 Å². The van der Waals surface area contributed by atoms with Crippen LogP contribution >= 0.6 is 0 Å². The molecule has 11 aromatic rings. The van der Waals surface area contributed by atoms with Gasteiger partial charge in [-0.25, -0.2) is 0 Å². The lowest BCUT2D eigenvalue weighted by Crippen LogP contribution is -2.11. The number of hydrogen-bond acceptors (Lipinski definition) is 2. The zero-order valence-electron chi connectivity index (χ0n) is 37.9. The molecule has 56 heavy (non-hydrogen) atoms. The fourth-order valence-electron chi connectivity index (χ4n) is 7.98. The molecule has 0 aliphatic carbocycles. The molecule has 11 rings (SSSR count). The van der Waals surface area contributed by atoms with Crippen LogP contribution in [0, 0.1) is 0 Å². The van der Waals surface area contributed by atoms with Crippen LogP contribution in [0.1, 0.15) is 11.0 Å². The number of para-hydroxylation sites is 2. The van der Waals surface area contributed by atoms with Crippen molar-refractivity contribution in [3.8, 4) is 33.4 Å². The highest BCUT2D eigenvalue weighted by molar-refractivity contribution is 6.17. The maximum absolute atomic E-state index is 9.76. The summed E-state index contributed by atoms with van der Waals surface area (Å²) in [5.74, 6) is 0. The molecule has 0 radical (unpaired) electrons. The van der Waals surface area contributed by atoms with Crippen molar-refractivity contribution in [2.45, 2.75) is 0 Å². The zero-order valence-corrected chi connectivity index (χ0v) is 29.9. The van der Waals surface area contributed by atoms with E-state index in [9.17, 15) is 11.0 Å². The standard InChI is InChI=1S/C54H35NO/c1-4-17-43-36(12-1)15-9-21-45(43)39-26-31-41(32-27-39)55(42-33-28-40(29-34-42)46-22-10-16-37-13-2-5-18-44(37)46)52-25-8-7-20-48(52)49-23-11-24-50-51-35-30-38-14-3-6-19-47(38)53(51)56-54(49)50/h1-35H/i26D,27D,28D,29D,31D,32D,33D,34D. The van der Waals surface area contributed by atoms with E-state index in [4.69, 9.17) is 4.42 Å². The number of nitrogens with zero attached hydrogens (tertiary/aromatic N) is 1. The van der Waals surface area contributed by atoms with Gasteiger partial charge in [0.1, 0.15) is 11.2 Å². The molecular formula is C54H35NO. The van der Waals surface area contributed by atoms with Crippen LogP contribution in [0.5, 0.6) is 0 Å². The zero-order chi connectivity index (χ0) is 44.0. The first kappa shape index (κ1) is 24.8. The molecule has 0 spiro atoms. The SMILES string of the molecule is [2H]c1c([2H])c(N(c2ccccc2-c2cccc3c2oc2c4ccccc4ccc32)c2c([2H])c([2H])c(-c3cccc4ccccc34)c([2H])c2[2H])c([2H])c([2H])c1-c1cccc2ccccc12. The van der Waals surface area contributed by atoms with Crippen LogP contribution in [0.25, 0.3) is 87.6 Å². The second kappa shape index (κ2) is 13.2. The third-order valence-electron chi connectivity index (χ3n) is 10.6. The summed E-state index contributed by atoms with van der Waals surface area (Å²) in [4.78, 5) is 1.38. The summed E-state index contributed by atoms with van der Waals surface area (Å²) in [5, 5.41) is 7.00. The number of rotatable bonds is 6. The molecule has 0 atom stereocenters. The van der Waals surface area contributed by atoms with Gasteiger partial charge in [-0.1, -0.05) is 176 Å². The predicted octanol–water partition coefficient (Wildman–Crippen LogP) is 15.5. The van der Waals surface area contributed by atoms with Crippen LogP contribution in [-0.4, -0.2) is 0 Å². The first-order valence-corrected chi connectivity index (χ1v) is 18.5. The largest absolute Gasteiger partial charge is 0.455 e. The topological polar surface area (TPSA) is 16.4 Å². The molecule has 0 amide bonds. The first-order chi connectivity index (χ1) is 31.1. The minimum atomic E-state index is -0.415. The summed E-state index contributed by atoms with van der Waals surface area (Å²) >= 11 is 0. The van der Waals surface area contributed by atoms with Crippen molar-refractivity contribution in [1.82, 2.24) is 0 Å². The van der Waals surface area contributed by atoms with Gasteiger partial charge in [-0.15, -0.1) is 0 Å². The molecule has 10 aromatic carbocycles. The second-order valence-electron chi connectivity index (χ2n) is 13.8. The van der Waals surface area contributed by atoms with E-state index in [1.807, 2.05) is 133 Å². The molecule has 1 heterocycles. The molecule has 1 aromatic heterocycles. The van der Waals surface area contributed by atoms with Crippen molar-refractivity contribution >= 4 is 71.3 Å². The number of fused-ring (bicyclic) bond motifs is 7. The Morgan fingerprint density at radius 2 is 0.750 bits per heavy atom. The van der Waals surface area contributed by atoms with Crippen LogP contribution in [0.4, 0.5) is 17.1 Å². The smallest absolute Gasteiger partial charge is 0.143 e. The maximum Gasteiger partial charge on any atom is 0.143 e. The molecule has 262 valence electrons. The van der Waals surface area contributed by atoms with Gasteiger partial charge in [0.05, 0.1) is 16.7 Å². The van der Waals surface area contributed by atoms with Crippen LogP contribution in [-0.2, 0) is 0 Å². The lowest BCUT2D eigenvalue weighted by molar-refractivity contribution is 0.674. The second-order valence-corrected chi connectivity index (χ2v) is 13.8. The van der Waals surface area contributed by atoms with Gasteiger partial charge in [-0.2, -0.15) is 0 Å².